The molecule has 3 aromatic rings. The molecule has 2 heterocycles. The van der Waals surface area contributed by atoms with Crippen LogP contribution in [0.5, 0.6) is 11.5 Å². The number of hydrogen-bond donors (Lipinski definition) is 1. The molecule has 21 heteroatoms. The van der Waals surface area contributed by atoms with Gasteiger partial charge >= 0.3 is 12.4 Å². The van der Waals surface area contributed by atoms with Crippen molar-refractivity contribution in [3.8, 4) is 11.5 Å². The lowest BCUT2D eigenvalue weighted by atomic mass is 9.56. The second kappa shape index (κ2) is 13.1. The van der Waals surface area contributed by atoms with Gasteiger partial charge in [-0.2, -0.15) is 26.3 Å². The molecule has 6 atom stereocenters. The van der Waals surface area contributed by atoms with Crippen molar-refractivity contribution in [3.05, 3.63) is 93.8 Å². The molecule has 302 valence electrons. The van der Waals surface area contributed by atoms with Crippen LogP contribution in [0.1, 0.15) is 42.4 Å². The summed E-state index contributed by atoms with van der Waals surface area (Å²) in [4.78, 5) is 50.4. The number of amides is 4. The van der Waals surface area contributed by atoms with Crippen molar-refractivity contribution in [3.63, 3.8) is 0 Å². The van der Waals surface area contributed by atoms with E-state index in [1.807, 2.05) is 0 Å². The maximum absolute atomic E-state index is 15.3. The van der Waals surface area contributed by atoms with Gasteiger partial charge in [-0.25, -0.2) is 31.8 Å². The van der Waals surface area contributed by atoms with Crippen molar-refractivity contribution in [2.24, 2.45) is 17.8 Å². The number of ether oxygens (including phenoxy) is 1. The molecule has 7 rings (SSSR count). The van der Waals surface area contributed by atoms with Crippen LogP contribution in [0, 0.1) is 46.8 Å². The number of benzene rings is 3. The van der Waals surface area contributed by atoms with Crippen LogP contribution in [-0.4, -0.2) is 45.1 Å². The first-order valence-corrected chi connectivity index (χ1v) is 17.3. The number of hydrogen-bond acceptors (Lipinski definition) is 6. The minimum Gasteiger partial charge on any atom is -0.504 e. The summed E-state index contributed by atoms with van der Waals surface area (Å²) in [6, 6.07) is 3.69. The largest absolute Gasteiger partial charge is 0.504 e. The van der Waals surface area contributed by atoms with Gasteiger partial charge in [0.05, 0.1) is 35.3 Å². The molecular weight excluding hydrogens is 836 g/mol. The lowest BCUT2D eigenvalue weighted by Crippen LogP contribution is -2.60. The number of halogens is 13. The molecule has 57 heavy (non-hydrogen) atoms. The Morgan fingerprint density at radius 3 is 1.89 bits per heavy atom. The van der Waals surface area contributed by atoms with Crippen LogP contribution in [-0.2, 0) is 31.5 Å². The molecule has 0 aromatic heterocycles. The zero-order valence-electron chi connectivity index (χ0n) is 28.3. The number of alkyl halides is 8. The van der Waals surface area contributed by atoms with Crippen LogP contribution in [0.15, 0.2) is 48.0 Å². The highest BCUT2D eigenvalue weighted by atomic mass is 35.5. The molecule has 1 saturated carbocycles. The number of phenols is 1. The number of allylic oxidation sites excluding steroid dienone is 2. The summed E-state index contributed by atoms with van der Waals surface area (Å²) in [6.45, 7) is 1.45. The topological polar surface area (TPSA) is 104 Å². The molecule has 2 aliphatic heterocycles. The molecule has 0 bridgehead atoms. The zero-order valence-corrected chi connectivity index (χ0v) is 29.8. The fraction of sp³-hybridized carbons (Fsp3) is 0.333. The van der Waals surface area contributed by atoms with Gasteiger partial charge in [0.15, 0.2) is 44.5 Å². The number of imide groups is 2. The third-order valence-corrected chi connectivity index (χ3v) is 12.1. The average molecular weight is 857 g/mol. The predicted octanol–water partition coefficient (Wildman–Crippen LogP) is 8.29. The van der Waals surface area contributed by atoms with Crippen molar-refractivity contribution >= 4 is 58.2 Å². The highest BCUT2D eigenvalue weighted by molar-refractivity contribution is 6.58. The van der Waals surface area contributed by atoms with E-state index in [4.69, 9.17) is 27.9 Å². The van der Waals surface area contributed by atoms with E-state index < -0.39 is 150 Å². The zero-order chi connectivity index (χ0) is 42.1. The van der Waals surface area contributed by atoms with E-state index in [-0.39, 0.29) is 41.0 Å². The number of aromatic hydroxyl groups is 1. The van der Waals surface area contributed by atoms with Crippen LogP contribution in [0.25, 0.3) is 0 Å². The maximum Gasteiger partial charge on any atom is 0.416 e. The molecule has 4 aliphatic rings. The first-order valence-electron chi connectivity index (χ1n) is 16.5. The van der Waals surface area contributed by atoms with Gasteiger partial charge in [0.1, 0.15) is 5.69 Å². The molecular formula is C36H21Cl2F11N2O6. The monoisotopic (exact) mass is 856 g/mol. The number of rotatable bonds is 5. The molecule has 0 spiro atoms. The van der Waals surface area contributed by atoms with Crippen molar-refractivity contribution in [2.75, 3.05) is 16.4 Å². The molecule has 2 aliphatic carbocycles. The van der Waals surface area contributed by atoms with Gasteiger partial charge in [-0.1, -0.05) is 23.8 Å². The van der Waals surface area contributed by atoms with Crippen molar-refractivity contribution in [2.45, 2.75) is 47.8 Å². The van der Waals surface area contributed by atoms with Gasteiger partial charge in [-0.15, -0.1) is 23.2 Å². The van der Waals surface area contributed by atoms with Gasteiger partial charge < -0.3 is 9.84 Å². The van der Waals surface area contributed by atoms with Crippen LogP contribution < -0.4 is 14.5 Å². The summed E-state index contributed by atoms with van der Waals surface area (Å²) in [5.41, 5.74) is -7.46. The first kappa shape index (κ1) is 40.3. The minimum atomic E-state index is -5.39. The summed E-state index contributed by atoms with van der Waals surface area (Å²) >= 11 is 14.0. The van der Waals surface area contributed by atoms with E-state index in [0.717, 1.165) is 6.07 Å². The molecule has 0 unspecified atom stereocenters. The van der Waals surface area contributed by atoms with Gasteiger partial charge in [0.2, 0.25) is 17.6 Å². The van der Waals surface area contributed by atoms with Gasteiger partial charge in [-0.3, -0.25) is 19.2 Å². The van der Waals surface area contributed by atoms with Gasteiger partial charge in [0, 0.05) is 11.5 Å². The van der Waals surface area contributed by atoms with E-state index in [1.165, 1.54) is 25.1 Å². The fourth-order valence-electron chi connectivity index (χ4n) is 8.28. The molecule has 2 saturated heterocycles. The Bertz CT molecular complexity index is 2290. The Morgan fingerprint density at radius 1 is 0.789 bits per heavy atom. The second-order valence-corrected chi connectivity index (χ2v) is 14.8. The van der Waals surface area contributed by atoms with Crippen LogP contribution >= 0.6 is 23.2 Å². The van der Waals surface area contributed by atoms with Crippen LogP contribution in [0.3, 0.4) is 0 Å². The van der Waals surface area contributed by atoms with Gasteiger partial charge in [-0.05, 0) is 49.9 Å². The maximum atomic E-state index is 15.3. The number of para-hydroxylation sites is 1. The summed E-state index contributed by atoms with van der Waals surface area (Å²) in [5.74, 6) is -27.4. The van der Waals surface area contributed by atoms with Crippen LogP contribution in [0.2, 0.25) is 0 Å². The lowest BCUT2D eigenvalue weighted by molar-refractivity contribution is -0.143. The van der Waals surface area contributed by atoms with Crippen LogP contribution in [0.4, 0.5) is 59.7 Å². The van der Waals surface area contributed by atoms with Gasteiger partial charge in [0.25, 0.3) is 11.8 Å². The normalized spacial score (nSPS) is 27.4. The van der Waals surface area contributed by atoms with E-state index in [1.54, 1.807) is 0 Å². The quantitative estimate of drug-likeness (QED) is 0.0692. The standard InChI is InChI=1S/C36H21Cl2F11N2O6/c1-2-57-19-5-3-4-17(28(19)52)21-15-6-7-16-20(30(54)50(29(16)53)14-9-12(35(44,45)46)8-13(10-14)36(47,48)49)18(15)11-33(37)31(55)51(32(56)34(21,33)38)27-25(42)23(40)22(39)24(41)26(27)43/h3-6,8-10,16,18,20-21,52H,2,7,11H2,1H3/t16-,18+,20-,21+,33+,34-/m0/s1. The molecule has 8 nitrogen and oxygen atoms in total. The van der Waals surface area contributed by atoms with Crippen molar-refractivity contribution < 1.29 is 77.3 Å². The summed E-state index contributed by atoms with van der Waals surface area (Å²) in [7, 11) is 0. The van der Waals surface area contributed by atoms with E-state index >= 15 is 8.78 Å². The molecule has 3 aromatic carbocycles. The number of carbonyl (C=O) groups is 4. The number of fused-ring (bicyclic) bond motifs is 4. The Labute approximate surface area is 322 Å². The Balaban J connectivity index is 1.43. The smallest absolute Gasteiger partial charge is 0.416 e. The number of nitrogens with zero attached hydrogens (tertiary/aromatic N) is 2. The first-order chi connectivity index (χ1) is 26.4. The molecule has 1 N–H and O–H groups in total. The van der Waals surface area contributed by atoms with E-state index in [2.05, 4.69) is 0 Å². The molecule has 3 fully saturated rings. The Hall–Kier alpha value is -4.91. The van der Waals surface area contributed by atoms with Crippen molar-refractivity contribution in [1.29, 1.82) is 0 Å². The number of anilines is 2. The highest BCUT2D eigenvalue weighted by Gasteiger charge is 2.77. The molecule has 0 radical (unpaired) electrons. The fourth-order valence-corrected chi connectivity index (χ4v) is 9.21. The average Bonchev–Trinajstić information content (AvgIpc) is 3.48. The van der Waals surface area contributed by atoms with E-state index in [9.17, 15) is 63.8 Å². The summed E-state index contributed by atoms with van der Waals surface area (Å²) in [5, 5.41) is 11.4. The van der Waals surface area contributed by atoms with Crippen molar-refractivity contribution in [1.82, 2.24) is 0 Å². The summed E-state index contributed by atoms with van der Waals surface area (Å²) < 4.78 is 162. The lowest BCUT2D eigenvalue weighted by Gasteiger charge is -2.50. The Morgan fingerprint density at radius 2 is 1.35 bits per heavy atom. The number of carbonyl (C=O) groups excluding carboxylic acids is 4. The summed E-state index contributed by atoms with van der Waals surface area (Å²) in [6.07, 6.45) is -11.1. The number of phenolic OH excluding ortho intramolecular Hbond substituents is 1. The predicted molar refractivity (Wildman–Crippen MR) is 175 cm³/mol. The molecule has 4 amide bonds. The second-order valence-electron chi connectivity index (χ2n) is 13.6. The highest BCUT2D eigenvalue weighted by Crippen LogP contribution is 2.67. The minimum absolute atomic E-state index is 0.0638. The third kappa shape index (κ3) is 5.54. The van der Waals surface area contributed by atoms with E-state index in [0.29, 0.717) is 0 Å². The SMILES string of the molecule is CCOc1cccc([C@H]2C3=CC[C@@H]4C(=O)N(c5cc(C(F)(F)F)cc(C(F)(F)F)c5)C(=O)[C@@H]4[C@@H]3C[C@@]3(Cl)C(=O)N(c4c(F)c(F)c(F)c(F)c4F)C(=O)[C@@]23Cl)c1O. The Kier molecular flexibility index (Phi) is 9.23. The third-order valence-electron chi connectivity index (χ3n) is 10.7.